The van der Waals surface area contributed by atoms with E-state index in [-0.39, 0.29) is 22.9 Å². The number of benzene rings is 2. The van der Waals surface area contributed by atoms with Gasteiger partial charge in [-0.25, -0.2) is 8.78 Å². The molecule has 3 aromatic rings. The number of nitrogens with zero attached hydrogens (tertiary/aromatic N) is 1. The Bertz CT molecular complexity index is 1250. The normalized spacial score (nSPS) is 19.8. The summed E-state index contributed by atoms with van der Waals surface area (Å²) in [4.78, 5) is 40.7. The second-order valence-corrected chi connectivity index (χ2v) is 8.61. The van der Waals surface area contributed by atoms with E-state index in [0.717, 1.165) is 12.1 Å². The lowest BCUT2D eigenvalue weighted by molar-refractivity contribution is -0.120. The van der Waals surface area contributed by atoms with Crippen molar-refractivity contribution in [2.24, 2.45) is 0 Å². The molecule has 3 amide bonds. The molecule has 0 bridgehead atoms. The molecular formula is C23H17F2N3O3S. The molecule has 6 nitrogen and oxygen atoms in total. The van der Waals surface area contributed by atoms with Crippen molar-refractivity contribution in [3.8, 4) is 11.1 Å². The van der Waals surface area contributed by atoms with Crippen molar-refractivity contribution >= 4 is 34.7 Å². The zero-order chi connectivity index (χ0) is 22.4. The summed E-state index contributed by atoms with van der Waals surface area (Å²) in [5.41, 5.74) is 1.07. The molecule has 0 unspecified atom stereocenters. The highest BCUT2D eigenvalue weighted by atomic mass is 32.1. The number of nitrogens with one attached hydrogen (secondary N) is 2. The van der Waals surface area contributed by atoms with Crippen molar-refractivity contribution in [1.29, 1.82) is 0 Å². The Morgan fingerprint density at radius 1 is 1.09 bits per heavy atom. The zero-order valence-electron chi connectivity index (χ0n) is 16.6. The number of carbonyl (C=O) groups excluding carboxylic acids is 3. The number of carbonyl (C=O) groups is 3. The summed E-state index contributed by atoms with van der Waals surface area (Å²) in [6.07, 6.45) is 0.433. The molecule has 5 rings (SSSR count). The minimum Gasteiger partial charge on any atom is -0.346 e. The average molecular weight is 453 g/mol. The minimum absolute atomic E-state index is 0.150. The predicted octanol–water partition coefficient (Wildman–Crippen LogP) is 3.66. The molecule has 2 aliphatic heterocycles. The summed E-state index contributed by atoms with van der Waals surface area (Å²) >= 11 is 1.29. The van der Waals surface area contributed by atoms with Gasteiger partial charge in [0.1, 0.15) is 17.7 Å². The van der Waals surface area contributed by atoms with Crippen LogP contribution in [0.25, 0.3) is 11.1 Å². The van der Waals surface area contributed by atoms with E-state index in [1.807, 2.05) is 0 Å². The Morgan fingerprint density at radius 2 is 1.94 bits per heavy atom. The van der Waals surface area contributed by atoms with Gasteiger partial charge < -0.3 is 15.5 Å². The monoisotopic (exact) mass is 453 g/mol. The molecule has 2 aromatic carbocycles. The minimum atomic E-state index is -0.857. The Morgan fingerprint density at radius 3 is 2.69 bits per heavy atom. The highest BCUT2D eigenvalue weighted by Gasteiger charge is 2.45. The first kappa shape index (κ1) is 20.3. The molecule has 2 atom stereocenters. The van der Waals surface area contributed by atoms with Gasteiger partial charge >= 0.3 is 0 Å². The second-order valence-electron chi connectivity index (χ2n) is 7.66. The summed E-state index contributed by atoms with van der Waals surface area (Å²) in [5.74, 6) is -2.51. The van der Waals surface area contributed by atoms with E-state index in [1.165, 1.54) is 34.4 Å². The summed E-state index contributed by atoms with van der Waals surface area (Å²) in [5, 5.41) is 7.42. The molecule has 2 N–H and O–H groups in total. The molecule has 1 saturated heterocycles. The number of anilines is 1. The summed E-state index contributed by atoms with van der Waals surface area (Å²) in [6.45, 7) is 0.293. The van der Waals surface area contributed by atoms with Crippen LogP contribution in [0.4, 0.5) is 14.5 Å². The van der Waals surface area contributed by atoms with Crippen molar-refractivity contribution in [2.75, 3.05) is 11.9 Å². The maximum atomic E-state index is 14.3. The Labute approximate surface area is 185 Å². The maximum Gasteiger partial charge on any atom is 0.261 e. The lowest BCUT2D eigenvalue weighted by atomic mass is 10.0. The first-order valence-electron chi connectivity index (χ1n) is 9.98. The first-order chi connectivity index (χ1) is 15.4. The van der Waals surface area contributed by atoms with Gasteiger partial charge in [0.15, 0.2) is 0 Å². The van der Waals surface area contributed by atoms with E-state index < -0.39 is 29.6 Å². The third kappa shape index (κ3) is 3.44. The van der Waals surface area contributed by atoms with Crippen LogP contribution in [-0.4, -0.2) is 41.2 Å². The van der Waals surface area contributed by atoms with Crippen molar-refractivity contribution < 1.29 is 23.2 Å². The molecular weight excluding hydrogens is 436 g/mol. The lowest BCUT2D eigenvalue weighted by Crippen LogP contribution is -2.51. The molecule has 1 aromatic heterocycles. The first-order valence-corrected chi connectivity index (χ1v) is 10.9. The standard InChI is InChI=1S/C23H17F2N3O3S/c24-13-4-5-14(16(25)11-13)12-3-6-17-15(10-12)23(31)28-8-7-18(20(28)22(30)26-17)27-21(29)19-2-1-9-32-19/h1-6,9-11,18,20H,7-8H2,(H,26,30)(H,27,29)/t18-,20+/m1/s1. The van der Waals surface area contributed by atoms with E-state index in [1.54, 1.807) is 23.6 Å². The highest BCUT2D eigenvalue weighted by Crippen LogP contribution is 2.33. The highest BCUT2D eigenvalue weighted by molar-refractivity contribution is 7.12. The van der Waals surface area contributed by atoms with Crippen molar-refractivity contribution in [3.63, 3.8) is 0 Å². The fourth-order valence-electron chi connectivity index (χ4n) is 4.23. The van der Waals surface area contributed by atoms with E-state index >= 15 is 0 Å². The number of hydrogen-bond acceptors (Lipinski definition) is 4. The van der Waals surface area contributed by atoms with Crippen LogP contribution in [0.2, 0.25) is 0 Å². The third-order valence-electron chi connectivity index (χ3n) is 5.74. The van der Waals surface area contributed by atoms with E-state index in [9.17, 15) is 23.2 Å². The van der Waals surface area contributed by atoms with Gasteiger partial charge in [-0.3, -0.25) is 14.4 Å². The van der Waals surface area contributed by atoms with Crippen LogP contribution in [0.5, 0.6) is 0 Å². The molecule has 0 radical (unpaired) electrons. The molecule has 0 spiro atoms. The molecule has 9 heteroatoms. The molecule has 0 saturated carbocycles. The van der Waals surface area contributed by atoms with Crippen molar-refractivity contribution in [1.82, 2.24) is 10.2 Å². The molecule has 1 fully saturated rings. The SMILES string of the molecule is O=C(N[C@@H]1CCN2C(=O)c3cc(-c4ccc(F)cc4F)ccc3NC(=O)[C@H]12)c1cccs1. The second kappa shape index (κ2) is 7.83. The van der Waals surface area contributed by atoms with Gasteiger partial charge in [-0.05, 0) is 47.7 Å². The van der Waals surface area contributed by atoms with Gasteiger partial charge in [-0.2, -0.15) is 0 Å². The molecule has 162 valence electrons. The maximum absolute atomic E-state index is 14.3. The lowest BCUT2D eigenvalue weighted by Gasteiger charge is -2.24. The van der Waals surface area contributed by atoms with Crippen LogP contribution >= 0.6 is 11.3 Å². The van der Waals surface area contributed by atoms with Crippen LogP contribution < -0.4 is 10.6 Å². The number of hydrogen-bond donors (Lipinski definition) is 2. The smallest absolute Gasteiger partial charge is 0.261 e. The van der Waals surface area contributed by atoms with Crippen molar-refractivity contribution in [2.45, 2.75) is 18.5 Å². The predicted molar refractivity (Wildman–Crippen MR) is 115 cm³/mol. The van der Waals surface area contributed by atoms with Crippen LogP contribution in [0.15, 0.2) is 53.9 Å². The Balaban J connectivity index is 1.45. The summed E-state index contributed by atoms with van der Waals surface area (Å²) in [6, 6.07) is 9.89. The Hall–Kier alpha value is -3.59. The van der Waals surface area contributed by atoms with Gasteiger partial charge in [0, 0.05) is 18.2 Å². The third-order valence-corrected chi connectivity index (χ3v) is 6.61. The van der Waals surface area contributed by atoms with E-state index in [0.29, 0.717) is 29.1 Å². The van der Waals surface area contributed by atoms with E-state index in [4.69, 9.17) is 0 Å². The van der Waals surface area contributed by atoms with Crippen molar-refractivity contribution in [3.05, 3.63) is 76.0 Å². The van der Waals surface area contributed by atoms with Gasteiger partial charge in [0.05, 0.1) is 22.2 Å². The topological polar surface area (TPSA) is 78.5 Å². The quantitative estimate of drug-likeness (QED) is 0.636. The summed E-state index contributed by atoms with van der Waals surface area (Å²) in [7, 11) is 0. The molecule has 2 aliphatic rings. The van der Waals surface area contributed by atoms with Gasteiger partial charge in [0.2, 0.25) is 5.91 Å². The number of amides is 3. The van der Waals surface area contributed by atoms with Crippen LogP contribution in [-0.2, 0) is 4.79 Å². The fourth-order valence-corrected chi connectivity index (χ4v) is 4.85. The molecule has 32 heavy (non-hydrogen) atoms. The van der Waals surface area contributed by atoms with Gasteiger partial charge in [0.25, 0.3) is 11.8 Å². The number of fused-ring (bicyclic) bond motifs is 2. The number of rotatable bonds is 3. The summed E-state index contributed by atoms with van der Waals surface area (Å²) < 4.78 is 27.5. The number of halogens is 2. The zero-order valence-corrected chi connectivity index (χ0v) is 17.4. The molecule has 0 aliphatic carbocycles. The largest absolute Gasteiger partial charge is 0.346 e. The average Bonchev–Trinajstić information content (AvgIpc) is 3.42. The Kier molecular flexibility index (Phi) is 4.97. The van der Waals surface area contributed by atoms with Crippen LogP contribution in [0.3, 0.4) is 0 Å². The molecule has 3 heterocycles. The van der Waals surface area contributed by atoms with E-state index in [2.05, 4.69) is 10.6 Å². The van der Waals surface area contributed by atoms with Gasteiger partial charge in [-0.1, -0.05) is 12.1 Å². The number of thiophene rings is 1. The fraction of sp³-hybridized carbons (Fsp3) is 0.174. The van der Waals surface area contributed by atoms with Crippen LogP contribution in [0, 0.1) is 11.6 Å². The van der Waals surface area contributed by atoms with Crippen LogP contribution in [0.1, 0.15) is 26.5 Å². The van der Waals surface area contributed by atoms with Gasteiger partial charge in [-0.15, -0.1) is 11.3 Å².